The molecule has 0 heterocycles. The number of halogens is 1. The monoisotopic (exact) mass is 272 g/mol. The van der Waals surface area contributed by atoms with Crippen LogP contribution in [0.25, 0.3) is 5.57 Å². The topological polar surface area (TPSA) is 0 Å². The number of benzene rings is 1. The van der Waals surface area contributed by atoms with Crippen LogP contribution in [0.3, 0.4) is 0 Å². The van der Waals surface area contributed by atoms with Gasteiger partial charge >= 0.3 is 0 Å². The highest BCUT2D eigenvalue weighted by molar-refractivity contribution is 14.1. The third-order valence-corrected chi connectivity index (χ3v) is 3.13. The van der Waals surface area contributed by atoms with E-state index < -0.39 is 0 Å². The summed E-state index contributed by atoms with van der Waals surface area (Å²) >= 11 is 2.36. The minimum atomic E-state index is 1.15. The van der Waals surface area contributed by atoms with Crippen molar-refractivity contribution in [3.05, 3.63) is 39.0 Å². The van der Waals surface area contributed by atoms with Crippen molar-refractivity contribution in [3.63, 3.8) is 0 Å². The first-order chi connectivity index (χ1) is 5.52. The number of allylic oxidation sites excluding steroid dienone is 1. The van der Waals surface area contributed by atoms with E-state index in [0.717, 1.165) is 5.57 Å². The summed E-state index contributed by atoms with van der Waals surface area (Å²) in [5, 5.41) is 0. The number of hydrogen-bond acceptors (Lipinski definition) is 0. The first-order valence-electron chi connectivity index (χ1n) is 3.95. The van der Waals surface area contributed by atoms with Crippen LogP contribution in [0.15, 0.2) is 18.7 Å². The second-order valence-corrected chi connectivity index (χ2v) is 4.36. The molecule has 0 aliphatic rings. The summed E-state index contributed by atoms with van der Waals surface area (Å²) in [6, 6.07) is 4.42. The minimum Gasteiger partial charge on any atom is -0.0955 e. The fourth-order valence-electron chi connectivity index (χ4n) is 1.24. The van der Waals surface area contributed by atoms with Crippen molar-refractivity contribution >= 4 is 28.2 Å². The quantitative estimate of drug-likeness (QED) is 0.679. The van der Waals surface area contributed by atoms with E-state index in [9.17, 15) is 0 Å². The van der Waals surface area contributed by atoms with Gasteiger partial charge in [0.2, 0.25) is 0 Å². The molecule has 0 radical (unpaired) electrons. The normalized spacial score (nSPS) is 10.0. The SMILES string of the molecule is C=C(C)c1cc(C)c(I)cc1C. The molecular formula is C11H13I. The van der Waals surface area contributed by atoms with Crippen LogP contribution in [0.5, 0.6) is 0 Å². The Morgan fingerprint density at radius 2 is 1.83 bits per heavy atom. The maximum absolute atomic E-state index is 3.95. The molecule has 1 rings (SSSR count). The van der Waals surface area contributed by atoms with Gasteiger partial charge in [0.1, 0.15) is 0 Å². The summed E-state index contributed by atoms with van der Waals surface area (Å²) in [6.45, 7) is 10.3. The van der Waals surface area contributed by atoms with Crippen molar-refractivity contribution in [1.29, 1.82) is 0 Å². The highest BCUT2D eigenvalue weighted by Gasteiger charge is 2.02. The van der Waals surface area contributed by atoms with Gasteiger partial charge in [-0.1, -0.05) is 18.2 Å². The van der Waals surface area contributed by atoms with Gasteiger partial charge in [0.05, 0.1) is 0 Å². The highest BCUT2D eigenvalue weighted by atomic mass is 127. The molecule has 0 aromatic heterocycles. The van der Waals surface area contributed by atoms with Gasteiger partial charge < -0.3 is 0 Å². The first-order valence-corrected chi connectivity index (χ1v) is 5.03. The van der Waals surface area contributed by atoms with Crippen LogP contribution in [0, 0.1) is 17.4 Å². The van der Waals surface area contributed by atoms with Gasteiger partial charge in [-0.05, 0) is 66.1 Å². The molecule has 0 fully saturated rings. The molecule has 0 bridgehead atoms. The van der Waals surface area contributed by atoms with Crippen molar-refractivity contribution in [2.45, 2.75) is 20.8 Å². The maximum Gasteiger partial charge on any atom is 0.0162 e. The Balaban J connectivity index is 3.33. The molecule has 64 valence electrons. The molecule has 0 atom stereocenters. The van der Waals surface area contributed by atoms with Gasteiger partial charge in [-0.2, -0.15) is 0 Å². The summed E-state index contributed by atoms with van der Waals surface area (Å²) < 4.78 is 1.33. The van der Waals surface area contributed by atoms with Gasteiger partial charge in [0.15, 0.2) is 0 Å². The Morgan fingerprint density at radius 3 is 2.33 bits per heavy atom. The van der Waals surface area contributed by atoms with Gasteiger partial charge in [0.25, 0.3) is 0 Å². The average Bonchev–Trinajstić information content (AvgIpc) is 1.96. The minimum absolute atomic E-state index is 1.15. The van der Waals surface area contributed by atoms with Crippen LogP contribution in [0.1, 0.15) is 23.6 Å². The molecule has 0 saturated heterocycles. The number of rotatable bonds is 1. The number of aryl methyl sites for hydroxylation is 2. The van der Waals surface area contributed by atoms with Crippen molar-refractivity contribution < 1.29 is 0 Å². The van der Waals surface area contributed by atoms with E-state index in [-0.39, 0.29) is 0 Å². The van der Waals surface area contributed by atoms with E-state index >= 15 is 0 Å². The second kappa shape index (κ2) is 3.60. The Labute approximate surface area is 87.8 Å². The van der Waals surface area contributed by atoms with Gasteiger partial charge in [-0.15, -0.1) is 0 Å². The van der Waals surface area contributed by atoms with Crippen LogP contribution in [0.2, 0.25) is 0 Å². The lowest BCUT2D eigenvalue weighted by Crippen LogP contribution is -1.89. The maximum atomic E-state index is 3.95. The Hall–Kier alpha value is -0.310. The average molecular weight is 272 g/mol. The first kappa shape index (κ1) is 9.78. The lowest BCUT2D eigenvalue weighted by Gasteiger charge is -2.07. The lowest BCUT2D eigenvalue weighted by molar-refractivity contribution is 1.33. The van der Waals surface area contributed by atoms with E-state index in [1.807, 2.05) is 0 Å². The predicted molar refractivity (Wildman–Crippen MR) is 63.3 cm³/mol. The zero-order valence-electron chi connectivity index (χ0n) is 7.74. The molecule has 0 amide bonds. The van der Waals surface area contributed by atoms with Gasteiger partial charge in [-0.3, -0.25) is 0 Å². The molecule has 0 aliphatic heterocycles. The molecule has 12 heavy (non-hydrogen) atoms. The molecule has 0 spiro atoms. The predicted octanol–water partition coefficient (Wildman–Crippen LogP) is 3.94. The van der Waals surface area contributed by atoms with E-state index in [4.69, 9.17) is 0 Å². The van der Waals surface area contributed by atoms with Crippen LogP contribution < -0.4 is 0 Å². The van der Waals surface area contributed by atoms with Crippen LogP contribution >= 0.6 is 22.6 Å². The summed E-state index contributed by atoms with van der Waals surface area (Å²) in [6.07, 6.45) is 0. The zero-order chi connectivity index (χ0) is 9.30. The van der Waals surface area contributed by atoms with E-state index in [2.05, 4.69) is 62.1 Å². The standard InChI is InChI=1S/C11H13I/c1-7(2)10-5-9(4)11(12)6-8(10)3/h5-6H,1H2,2-4H3. The second-order valence-electron chi connectivity index (χ2n) is 3.20. The third-order valence-electron chi connectivity index (χ3n) is 1.97. The summed E-state index contributed by atoms with van der Waals surface area (Å²) in [4.78, 5) is 0. The van der Waals surface area contributed by atoms with Gasteiger partial charge in [-0.25, -0.2) is 0 Å². The summed E-state index contributed by atoms with van der Waals surface area (Å²) in [5.41, 5.74) is 5.08. The lowest BCUT2D eigenvalue weighted by atomic mass is 10.0. The molecule has 1 heteroatoms. The third kappa shape index (κ3) is 1.89. The molecule has 0 unspecified atom stereocenters. The zero-order valence-corrected chi connectivity index (χ0v) is 9.90. The molecule has 1 aromatic rings. The van der Waals surface area contributed by atoms with Gasteiger partial charge in [0, 0.05) is 3.57 Å². The van der Waals surface area contributed by atoms with Crippen molar-refractivity contribution in [1.82, 2.24) is 0 Å². The van der Waals surface area contributed by atoms with E-state index in [1.54, 1.807) is 0 Å². The molecule has 1 aromatic carbocycles. The van der Waals surface area contributed by atoms with Crippen molar-refractivity contribution in [2.75, 3.05) is 0 Å². The molecule has 0 saturated carbocycles. The smallest absolute Gasteiger partial charge is 0.0162 e. The van der Waals surface area contributed by atoms with Crippen LogP contribution in [-0.2, 0) is 0 Å². The summed E-state index contributed by atoms with van der Waals surface area (Å²) in [7, 11) is 0. The Kier molecular flexibility index (Phi) is 2.94. The van der Waals surface area contributed by atoms with Crippen LogP contribution in [-0.4, -0.2) is 0 Å². The molecule has 0 nitrogen and oxygen atoms in total. The van der Waals surface area contributed by atoms with Crippen molar-refractivity contribution in [3.8, 4) is 0 Å². The molecule has 0 N–H and O–H groups in total. The van der Waals surface area contributed by atoms with Crippen LogP contribution in [0.4, 0.5) is 0 Å². The molecule has 0 aliphatic carbocycles. The fourth-order valence-corrected chi connectivity index (χ4v) is 1.86. The van der Waals surface area contributed by atoms with E-state index in [1.165, 1.54) is 20.3 Å². The number of hydrogen-bond donors (Lipinski definition) is 0. The Bertz CT molecular complexity index is 324. The summed E-state index contributed by atoms with van der Waals surface area (Å²) in [5.74, 6) is 0. The fraction of sp³-hybridized carbons (Fsp3) is 0.273. The van der Waals surface area contributed by atoms with E-state index in [0.29, 0.717) is 0 Å². The molecular weight excluding hydrogens is 259 g/mol. The van der Waals surface area contributed by atoms with Crippen molar-refractivity contribution in [2.24, 2.45) is 0 Å². The Morgan fingerprint density at radius 1 is 1.25 bits per heavy atom. The highest BCUT2D eigenvalue weighted by Crippen LogP contribution is 2.22. The largest absolute Gasteiger partial charge is 0.0955 e.